The van der Waals surface area contributed by atoms with E-state index >= 15 is 0 Å². The molecule has 29 heavy (non-hydrogen) atoms. The molecule has 1 aromatic heterocycles. The van der Waals surface area contributed by atoms with E-state index in [-0.39, 0.29) is 17.9 Å². The van der Waals surface area contributed by atoms with Gasteiger partial charge in [-0.05, 0) is 37.7 Å². The van der Waals surface area contributed by atoms with Gasteiger partial charge in [0.05, 0.1) is 5.69 Å². The molecule has 1 aliphatic carbocycles. The number of anilines is 1. The third kappa shape index (κ3) is 5.05. The largest absolute Gasteiger partial charge is 0.381 e. The van der Waals surface area contributed by atoms with E-state index in [1.54, 1.807) is 4.90 Å². The van der Waals surface area contributed by atoms with Crippen LogP contribution in [0.2, 0.25) is 0 Å². The van der Waals surface area contributed by atoms with E-state index in [0.717, 1.165) is 43.4 Å². The molecule has 2 saturated heterocycles. The maximum absolute atomic E-state index is 12.8. The summed E-state index contributed by atoms with van der Waals surface area (Å²) in [5.74, 6) is 0.287. The Morgan fingerprint density at radius 1 is 1.10 bits per heavy atom. The molecule has 0 saturated carbocycles. The predicted molar refractivity (Wildman–Crippen MR) is 114 cm³/mol. The summed E-state index contributed by atoms with van der Waals surface area (Å²) in [6.45, 7) is 3.83. The van der Waals surface area contributed by atoms with Gasteiger partial charge in [-0.15, -0.1) is 11.3 Å². The second kappa shape index (κ2) is 9.54. The SMILES string of the molecule is O=C(Nc1nc(C2=CCCC=C2)cs1)N1CCCN(C(=O)C2CCOCC2)CC1. The first-order chi connectivity index (χ1) is 14.2. The Balaban J connectivity index is 1.30. The molecule has 1 aromatic rings. The molecule has 3 heterocycles. The fourth-order valence-electron chi connectivity index (χ4n) is 3.98. The fraction of sp³-hybridized carbons (Fsp3) is 0.571. The highest BCUT2D eigenvalue weighted by Gasteiger charge is 2.28. The summed E-state index contributed by atoms with van der Waals surface area (Å²) in [4.78, 5) is 33.7. The molecule has 156 valence electrons. The minimum absolute atomic E-state index is 0.0704. The molecule has 3 aliphatic rings. The number of hydrogen-bond acceptors (Lipinski definition) is 5. The number of amides is 3. The fourth-order valence-corrected chi connectivity index (χ4v) is 4.69. The van der Waals surface area contributed by atoms with Gasteiger partial charge < -0.3 is 14.5 Å². The van der Waals surface area contributed by atoms with Crippen molar-refractivity contribution in [3.05, 3.63) is 29.3 Å². The zero-order valence-electron chi connectivity index (χ0n) is 16.6. The Bertz CT molecular complexity index is 798. The van der Waals surface area contributed by atoms with Gasteiger partial charge in [-0.1, -0.05) is 18.2 Å². The van der Waals surface area contributed by atoms with Crippen molar-refractivity contribution in [2.75, 3.05) is 44.7 Å². The molecular weight excluding hydrogens is 388 g/mol. The Hall–Kier alpha value is -2.19. The van der Waals surface area contributed by atoms with Crippen LogP contribution in [0.15, 0.2) is 23.6 Å². The number of aromatic nitrogens is 1. The maximum atomic E-state index is 12.8. The Morgan fingerprint density at radius 2 is 1.90 bits per heavy atom. The van der Waals surface area contributed by atoms with Gasteiger partial charge in [0.15, 0.2) is 5.13 Å². The van der Waals surface area contributed by atoms with Crippen LogP contribution in [-0.4, -0.2) is 66.1 Å². The lowest BCUT2D eigenvalue weighted by atomic mass is 9.98. The molecule has 0 bridgehead atoms. The first kappa shape index (κ1) is 20.1. The van der Waals surface area contributed by atoms with Gasteiger partial charge in [-0.2, -0.15) is 0 Å². The molecule has 0 unspecified atom stereocenters. The molecule has 1 N–H and O–H groups in total. The number of nitrogens with one attached hydrogen (secondary N) is 1. The van der Waals surface area contributed by atoms with Crippen LogP contribution in [0.5, 0.6) is 0 Å². The molecule has 0 radical (unpaired) electrons. The first-order valence-electron chi connectivity index (χ1n) is 10.5. The van der Waals surface area contributed by atoms with Crippen LogP contribution in [0.4, 0.5) is 9.93 Å². The normalized spacial score (nSPS) is 20.9. The van der Waals surface area contributed by atoms with Crippen molar-refractivity contribution in [2.24, 2.45) is 5.92 Å². The Labute approximate surface area is 175 Å². The monoisotopic (exact) mass is 416 g/mol. The molecule has 2 aliphatic heterocycles. The molecule has 4 rings (SSSR count). The van der Waals surface area contributed by atoms with Gasteiger partial charge in [0.25, 0.3) is 0 Å². The van der Waals surface area contributed by atoms with Gasteiger partial charge in [-0.25, -0.2) is 9.78 Å². The number of allylic oxidation sites excluding steroid dienone is 4. The number of urea groups is 1. The van der Waals surface area contributed by atoms with Crippen LogP contribution in [0.25, 0.3) is 5.57 Å². The standard InChI is InChI=1S/C21H28N4O3S/c26-19(17-7-13-28-14-8-17)24-9-4-10-25(12-11-24)21(27)23-20-22-18(15-29-20)16-5-2-1-3-6-16/h2,5-6,15,17H,1,3-4,7-14H2,(H,22,23,27). The molecular formula is C21H28N4O3S. The van der Waals surface area contributed by atoms with Crippen LogP contribution in [0.3, 0.4) is 0 Å². The van der Waals surface area contributed by atoms with E-state index in [2.05, 4.69) is 28.5 Å². The average Bonchev–Trinajstić information content (AvgIpc) is 3.09. The van der Waals surface area contributed by atoms with E-state index in [0.29, 0.717) is 44.5 Å². The summed E-state index contributed by atoms with van der Waals surface area (Å²) in [6.07, 6.45) is 10.9. The topological polar surface area (TPSA) is 74.8 Å². The Morgan fingerprint density at radius 3 is 2.69 bits per heavy atom. The van der Waals surface area contributed by atoms with Gasteiger partial charge in [0.2, 0.25) is 5.91 Å². The van der Waals surface area contributed by atoms with E-state index in [1.165, 1.54) is 11.3 Å². The lowest BCUT2D eigenvalue weighted by Gasteiger charge is -2.28. The van der Waals surface area contributed by atoms with Gasteiger partial charge >= 0.3 is 6.03 Å². The smallest absolute Gasteiger partial charge is 0.323 e. The summed E-state index contributed by atoms with van der Waals surface area (Å²) in [6, 6.07) is -0.139. The predicted octanol–water partition coefficient (Wildman–Crippen LogP) is 3.37. The first-order valence-corrected chi connectivity index (χ1v) is 11.3. The third-order valence-electron chi connectivity index (χ3n) is 5.67. The summed E-state index contributed by atoms with van der Waals surface area (Å²) in [7, 11) is 0. The summed E-state index contributed by atoms with van der Waals surface area (Å²) < 4.78 is 5.36. The second-order valence-electron chi connectivity index (χ2n) is 7.66. The lowest BCUT2D eigenvalue weighted by molar-refractivity contribution is -0.138. The van der Waals surface area contributed by atoms with Crippen molar-refractivity contribution in [1.82, 2.24) is 14.8 Å². The van der Waals surface area contributed by atoms with E-state index in [1.807, 2.05) is 10.3 Å². The maximum Gasteiger partial charge on any atom is 0.323 e. The number of nitrogens with zero attached hydrogens (tertiary/aromatic N) is 3. The van der Waals surface area contributed by atoms with Gasteiger partial charge in [0, 0.05) is 50.7 Å². The summed E-state index contributed by atoms with van der Waals surface area (Å²) in [5.41, 5.74) is 2.02. The number of thiazole rings is 1. The zero-order chi connectivity index (χ0) is 20.1. The van der Waals surface area contributed by atoms with Crippen molar-refractivity contribution in [3.63, 3.8) is 0 Å². The quantitative estimate of drug-likeness (QED) is 0.820. The summed E-state index contributed by atoms with van der Waals surface area (Å²) >= 11 is 1.44. The van der Waals surface area contributed by atoms with Crippen molar-refractivity contribution in [2.45, 2.75) is 32.1 Å². The molecule has 0 aromatic carbocycles. The number of rotatable bonds is 3. The van der Waals surface area contributed by atoms with E-state index in [9.17, 15) is 9.59 Å². The average molecular weight is 417 g/mol. The lowest BCUT2D eigenvalue weighted by Crippen LogP contribution is -2.42. The molecule has 2 fully saturated rings. The molecule has 7 nitrogen and oxygen atoms in total. The minimum Gasteiger partial charge on any atom is -0.381 e. The van der Waals surface area contributed by atoms with Gasteiger partial charge in [0.1, 0.15) is 0 Å². The van der Waals surface area contributed by atoms with Crippen molar-refractivity contribution in [3.8, 4) is 0 Å². The highest BCUT2D eigenvalue weighted by atomic mass is 32.1. The van der Waals surface area contributed by atoms with Crippen LogP contribution in [0, 0.1) is 5.92 Å². The Kier molecular flexibility index (Phi) is 6.61. The number of ether oxygens (including phenoxy) is 1. The van der Waals surface area contributed by atoms with Crippen LogP contribution in [0.1, 0.15) is 37.8 Å². The van der Waals surface area contributed by atoms with Crippen LogP contribution in [-0.2, 0) is 9.53 Å². The molecule has 8 heteroatoms. The molecule has 0 spiro atoms. The van der Waals surface area contributed by atoms with Crippen LogP contribution >= 0.6 is 11.3 Å². The summed E-state index contributed by atoms with van der Waals surface area (Å²) in [5, 5.41) is 5.52. The minimum atomic E-state index is -0.139. The molecule has 0 atom stereocenters. The van der Waals surface area contributed by atoms with Crippen molar-refractivity contribution < 1.29 is 14.3 Å². The second-order valence-corrected chi connectivity index (χ2v) is 8.52. The molecule has 3 amide bonds. The van der Waals surface area contributed by atoms with Crippen molar-refractivity contribution >= 4 is 34.0 Å². The van der Waals surface area contributed by atoms with E-state index < -0.39 is 0 Å². The zero-order valence-corrected chi connectivity index (χ0v) is 17.5. The highest BCUT2D eigenvalue weighted by Crippen LogP contribution is 2.26. The highest BCUT2D eigenvalue weighted by molar-refractivity contribution is 7.14. The van der Waals surface area contributed by atoms with Crippen molar-refractivity contribution in [1.29, 1.82) is 0 Å². The van der Waals surface area contributed by atoms with Crippen LogP contribution < -0.4 is 5.32 Å². The number of hydrogen-bond donors (Lipinski definition) is 1. The van der Waals surface area contributed by atoms with Gasteiger partial charge in [-0.3, -0.25) is 10.1 Å². The number of carbonyl (C=O) groups excluding carboxylic acids is 2. The van der Waals surface area contributed by atoms with E-state index in [4.69, 9.17) is 4.74 Å². The third-order valence-corrected chi connectivity index (χ3v) is 6.43. The number of carbonyl (C=O) groups is 2.